The van der Waals surface area contributed by atoms with Crippen molar-refractivity contribution in [3.05, 3.63) is 100 Å². The third-order valence-corrected chi connectivity index (χ3v) is 14.8. The van der Waals surface area contributed by atoms with Crippen LogP contribution in [0.5, 0.6) is 17.2 Å². The lowest BCUT2D eigenvalue weighted by molar-refractivity contribution is -0.126. The van der Waals surface area contributed by atoms with E-state index in [-0.39, 0.29) is 76.1 Å². The number of urea groups is 1. The number of carbonyl (C=O) groups excluding carboxylic acids is 4. The van der Waals surface area contributed by atoms with Crippen molar-refractivity contribution >= 4 is 52.1 Å². The maximum atomic E-state index is 16.2. The van der Waals surface area contributed by atoms with E-state index in [2.05, 4.69) is 25.9 Å². The highest BCUT2D eigenvalue weighted by molar-refractivity contribution is 6.34. The molecule has 1 aliphatic carbocycles. The Balaban J connectivity index is 0.764. The molecule has 5 aromatic rings. The van der Waals surface area contributed by atoms with Gasteiger partial charge in [0.15, 0.2) is 23.0 Å². The van der Waals surface area contributed by atoms with Crippen molar-refractivity contribution in [1.82, 2.24) is 30.6 Å². The van der Waals surface area contributed by atoms with Crippen LogP contribution in [0.1, 0.15) is 85.7 Å². The number of likely N-dealkylation sites (tertiary alicyclic amines) is 1. The van der Waals surface area contributed by atoms with Gasteiger partial charge in [0.05, 0.1) is 17.7 Å². The van der Waals surface area contributed by atoms with Gasteiger partial charge in [-0.25, -0.2) is 13.6 Å². The number of piperidine rings is 1. The Bertz CT molecular complexity index is 2780. The van der Waals surface area contributed by atoms with Crippen molar-refractivity contribution in [2.24, 2.45) is 18.7 Å². The molecule has 4 heterocycles. The molecular weight excluding hydrogens is 910 g/mol. The molecule has 0 bridgehead atoms. The summed E-state index contributed by atoms with van der Waals surface area (Å²) in [5, 5.41) is 14.3. The monoisotopic (exact) mass is 966 g/mol. The number of aryl methyl sites for hydroxylation is 1. The van der Waals surface area contributed by atoms with Crippen LogP contribution < -0.4 is 40.8 Å². The van der Waals surface area contributed by atoms with Gasteiger partial charge in [0.2, 0.25) is 17.7 Å². The van der Waals surface area contributed by atoms with Crippen LogP contribution in [0, 0.1) is 17.6 Å². The van der Waals surface area contributed by atoms with E-state index < -0.39 is 35.1 Å². The van der Waals surface area contributed by atoms with Crippen molar-refractivity contribution in [2.45, 2.75) is 82.0 Å². The fourth-order valence-corrected chi connectivity index (χ4v) is 10.9. The number of ether oxygens (including phenoxy) is 3. The Morgan fingerprint density at radius 3 is 2.43 bits per heavy atom. The van der Waals surface area contributed by atoms with E-state index in [1.165, 1.54) is 30.2 Å². The number of rotatable bonds is 15. The summed E-state index contributed by atoms with van der Waals surface area (Å²) in [5.41, 5.74) is 6.27. The average Bonchev–Trinajstić information content (AvgIpc) is 3.83. The number of carbonyl (C=O) groups is 4. The number of methoxy groups -OCH3 is 1. The summed E-state index contributed by atoms with van der Waals surface area (Å²) in [6.45, 7) is 5.69. The number of anilines is 1. The number of imide groups is 1. The van der Waals surface area contributed by atoms with Crippen LogP contribution in [-0.4, -0.2) is 97.0 Å². The highest BCUT2D eigenvalue weighted by atomic mass is 35.5. The first-order valence-electron chi connectivity index (χ1n) is 23.7. The number of aromatic nitrogens is 2. The van der Waals surface area contributed by atoms with Gasteiger partial charge >= 0.3 is 6.03 Å². The summed E-state index contributed by atoms with van der Waals surface area (Å²) in [4.78, 5) is 54.2. The van der Waals surface area contributed by atoms with E-state index in [4.69, 9.17) is 31.5 Å². The second kappa shape index (κ2) is 20.0. The van der Waals surface area contributed by atoms with Crippen molar-refractivity contribution in [3.63, 3.8) is 0 Å². The van der Waals surface area contributed by atoms with E-state index in [9.17, 15) is 19.2 Å². The minimum atomic E-state index is -1.08. The summed E-state index contributed by atoms with van der Waals surface area (Å²) in [5.74, 6) is -2.25. The SMILES string of the molecule is COc1ccc(C(N)=O)c(-c2c(Cl)c(F)cc3c2C(C)C(CNC2CCC(C(=O)NCCCN4CCC(Oc5cccc6c(N7CCC(=O)NC7=O)nn(C)c56)CC4)CC2)(c2ccccc2)O3)c1F. The Kier molecular flexibility index (Phi) is 13.8. The molecule has 2 unspecified atom stereocenters. The highest BCUT2D eigenvalue weighted by Crippen LogP contribution is 2.56. The summed E-state index contributed by atoms with van der Waals surface area (Å²) in [7, 11) is 3.12. The summed E-state index contributed by atoms with van der Waals surface area (Å²) in [6, 6.07) is 18.7. The molecule has 2 saturated heterocycles. The maximum absolute atomic E-state index is 16.2. The molecule has 18 heteroatoms. The molecule has 3 fully saturated rings. The molecule has 2 atom stereocenters. The third kappa shape index (κ3) is 9.31. The summed E-state index contributed by atoms with van der Waals surface area (Å²) >= 11 is 6.68. The number of para-hydroxylation sites is 1. The van der Waals surface area contributed by atoms with E-state index >= 15 is 8.78 Å². The minimum Gasteiger partial charge on any atom is -0.494 e. The number of nitrogens with zero attached hydrogens (tertiary/aromatic N) is 4. The van der Waals surface area contributed by atoms with Gasteiger partial charge in [-0.2, -0.15) is 5.10 Å². The van der Waals surface area contributed by atoms with Crippen molar-refractivity contribution in [1.29, 1.82) is 0 Å². The van der Waals surface area contributed by atoms with Gasteiger partial charge in [-0.15, -0.1) is 0 Å². The zero-order valence-corrected chi connectivity index (χ0v) is 39.7. The summed E-state index contributed by atoms with van der Waals surface area (Å²) < 4.78 is 52.2. The molecule has 364 valence electrons. The number of primary amides is 1. The van der Waals surface area contributed by atoms with Gasteiger partial charge in [0, 0.05) is 92.2 Å². The van der Waals surface area contributed by atoms with Gasteiger partial charge in [-0.1, -0.05) is 54.9 Å². The zero-order valence-electron chi connectivity index (χ0n) is 38.9. The first-order valence-corrected chi connectivity index (χ1v) is 24.1. The molecule has 3 aliphatic heterocycles. The highest BCUT2D eigenvalue weighted by Gasteiger charge is 2.50. The van der Waals surface area contributed by atoms with E-state index in [0.29, 0.717) is 43.1 Å². The van der Waals surface area contributed by atoms with E-state index in [1.54, 1.807) is 4.68 Å². The lowest BCUT2D eigenvalue weighted by Crippen LogP contribution is -2.49. The van der Waals surface area contributed by atoms with Crippen LogP contribution in [0.25, 0.3) is 22.0 Å². The number of amides is 5. The van der Waals surface area contributed by atoms with Crippen molar-refractivity contribution in [3.8, 4) is 28.4 Å². The van der Waals surface area contributed by atoms with Crippen LogP contribution in [0.3, 0.4) is 0 Å². The molecule has 5 N–H and O–H groups in total. The molecule has 4 aliphatic rings. The third-order valence-electron chi connectivity index (χ3n) is 14.4. The normalized spacial score (nSPS) is 22.0. The Morgan fingerprint density at radius 2 is 1.72 bits per heavy atom. The maximum Gasteiger partial charge on any atom is 0.329 e. The second-order valence-electron chi connectivity index (χ2n) is 18.5. The quantitative estimate of drug-likeness (QED) is 0.0777. The first-order chi connectivity index (χ1) is 33.3. The van der Waals surface area contributed by atoms with Gasteiger partial charge in [-0.05, 0) is 81.3 Å². The average molecular weight is 968 g/mol. The number of fused-ring (bicyclic) bond motifs is 2. The van der Waals surface area contributed by atoms with E-state index in [1.807, 2.05) is 62.5 Å². The molecule has 69 heavy (non-hydrogen) atoms. The van der Waals surface area contributed by atoms with Gasteiger partial charge < -0.3 is 35.5 Å². The molecule has 5 amide bonds. The fourth-order valence-electron chi connectivity index (χ4n) is 10.7. The van der Waals surface area contributed by atoms with Crippen LogP contribution in [0.2, 0.25) is 5.02 Å². The molecule has 1 aromatic heterocycles. The van der Waals surface area contributed by atoms with Crippen LogP contribution >= 0.6 is 11.6 Å². The Hall–Kier alpha value is -6.30. The molecule has 15 nitrogen and oxygen atoms in total. The van der Waals surface area contributed by atoms with Crippen molar-refractivity contribution < 1.29 is 42.2 Å². The van der Waals surface area contributed by atoms with Gasteiger partial charge in [-0.3, -0.25) is 29.3 Å². The number of nitrogens with one attached hydrogen (secondary N) is 3. The smallest absolute Gasteiger partial charge is 0.329 e. The molecule has 1 saturated carbocycles. The number of halogens is 3. The summed E-state index contributed by atoms with van der Waals surface area (Å²) in [6.07, 6.45) is 5.71. The van der Waals surface area contributed by atoms with Gasteiger partial charge in [0.25, 0.3) is 0 Å². The molecule has 0 spiro atoms. The molecule has 0 radical (unpaired) electrons. The topological polar surface area (TPSA) is 182 Å². The van der Waals surface area contributed by atoms with Crippen LogP contribution in [0.4, 0.5) is 19.4 Å². The van der Waals surface area contributed by atoms with Crippen molar-refractivity contribution in [2.75, 3.05) is 51.3 Å². The number of nitrogens with two attached hydrogens (primary N) is 1. The minimum absolute atomic E-state index is 0.0109. The van der Waals surface area contributed by atoms with Gasteiger partial charge in [0.1, 0.15) is 28.9 Å². The molecule has 9 rings (SSSR count). The molecule has 4 aromatic carbocycles. The lowest BCUT2D eigenvalue weighted by Gasteiger charge is -2.37. The second-order valence-corrected chi connectivity index (χ2v) is 18.9. The predicted molar refractivity (Wildman–Crippen MR) is 257 cm³/mol. The number of hydrogen-bond acceptors (Lipinski definition) is 10. The Labute approximate surface area is 403 Å². The Morgan fingerprint density at radius 1 is 0.971 bits per heavy atom. The number of benzene rings is 4. The van der Waals surface area contributed by atoms with E-state index in [0.717, 1.165) is 68.2 Å². The zero-order chi connectivity index (χ0) is 48.6. The first kappa shape index (κ1) is 47.8. The molecular formula is C51H57ClF2N8O7. The lowest BCUT2D eigenvalue weighted by atomic mass is 9.77. The predicted octanol–water partition coefficient (Wildman–Crippen LogP) is 7.32. The largest absolute Gasteiger partial charge is 0.494 e. The standard InChI is InChI=1S/C51H57ClF2N8O7/c1-29-41-39(27-36(53)44(52)43(41)42-34(47(55)64)17-18-37(67-3)45(42)54)69-51(29,31-9-5-4-6-10-31)28-57-32-15-13-30(14-16-32)49(65)56-22-8-23-61-24-19-33(20-25-61)68-38-12-7-11-35-46(38)60(2)59-48(35)62-26-21-40(63)58-50(62)66/h4-7,9-12,17-18,27,29-30,32-33,57H,8,13-16,19-26,28H2,1-3H3,(H2,55,64)(H,56,65)(H,58,63,66). The fraction of sp³-hybridized carbons (Fsp3) is 0.431. The van der Waals surface area contributed by atoms with Crippen LogP contribution in [0.15, 0.2) is 66.7 Å². The number of hydrogen-bond donors (Lipinski definition) is 4. The van der Waals surface area contributed by atoms with Crippen LogP contribution in [-0.2, 0) is 22.2 Å².